The highest BCUT2D eigenvalue weighted by atomic mass is 32.2. The van der Waals surface area contributed by atoms with Crippen molar-refractivity contribution >= 4 is 34.4 Å². The summed E-state index contributed by atoms with van der Waals surface area (Å²) in [6.45, 7) is 2.13. The second kappa shape index (κ2) is 7.14. The number of nitrogens with one attached hydrogen (secondary N) is 1. The number of carboxylic acid groups (broad SMARTS) is 1. The third-order valence-corrected chi connectivity index (χ3v) is 3.92. The van der Waals surface area contributed by atoms with Gasteiger partial charge in [-0.25, -0.2) is 4.79 Å². The molecule has 0 spiro atoms. The number of carbonyl (C=O) groups is 1. The highest BCUT2D eigenvalue weighted by Crippen LogP contribution is 2.31. The molecule has 1 aromatic heterocycles. The number of anilines is 1. The van der Waals surface area contributed by atoms with Crippen molar-refractivity contribution in [3.05, 3.63) is 5.56 Å². The molecule has 0 aliphatic carbocycles. The highest BCUT2D eigenvalue weighted by Gasteiger charge is 2.15. The highest BCUT2D eigenvalue weighted by molar-refractivity contribution is 7.99. The lowest BCUT2D eigenvalue weighted by molar-refractivity contribution is 0.210. The Balaban J connectivity index is 2.64. The van der Waals surface area contributed by atoms with E-state index in [2.05, 4.69) is 16.6 Å². The molecule has 0 saturated heterocycles. The van der Waals surface area contributed by atoms with Crippen molar-refractivity contribution in [3.8, 4) is 6.07 Å². The molecule has 2 N–H and O–H groups in total. The number of nitrogens with zero attached hydrogens (tertiary/aromatic N) is 2. The Bertz CT molecular complexity index is 426. The molecule has 0 radical (unpaired) electrons. The smallest absolute Gasteiger partial charge is 0.409 e. The van der Waals surface area contributed by atoms with E-state index in [1.165, 1.54) is 11.8 Å². The number of aromatic nitrogens is 1. The molecule has 1 amide bonds. The minimum absolute atomic E-state index is 0.304. The SMILES string of the molecule is CCCCCSc1nsc(NC(=O)O)c1C#N. The molecule has 0 unspecified atom stereocenters. The summed E-state index contributed by atoms with van der Waals surface area (Å²) >= 11 is 2.51. The number of thioether (sulfide) groups is 1. The Morgan fingerprint density at radius 3 is 3.00 bits per heavy atom. The topological polar surface area (TPSA) is 86.0 Å². The van der Waals surface area contributed by atoms with Crippen LogP contribution in [0.25, 0.3) is 0 Å². The molecular formula is C10H13N3O2S2. The number of rotatable bonds is 6. The van der Waals surface area contributed by atoms with Gasteiger partial charge in [-0.2, -0.15) is 9.64 Å². The molecule has 1 rings (SSSR count). The summed E-state index contributed by atoms with van der Waals surface area (Å²) in [5.74, 6) is 0.902. The van der Waals surface area contributed by atoms with E-state index in [1.807, 2.05) is 6.07 Å². The number of hydrogen-bond acceptors (Lipinski definition) is 5. The maximum atomic E-state index is 10.5. The van der Waals surface area contributed by atoms with E-state index in [0.29, 0.717) is 15.6 Å². The predicted octanol–water partition coefficient (Wildman–Crippen LogP) is 3.39. The van der Waals surface area contributed by atoms with Crippen molar-refractivity contribution < 1.29 is 9.90 Å². The molecule has 7 heteroatoms. The molecule has 0 fully saturated rings. The average molecular weight is 271 g/mol. The fraction of sp³-hybridized carbons (Fsp3) is 0.500. The summed E-state index contributed by atoms with van der Waals surface area (Å²) in [4.78, 5) is 10.5. The largest absolute Gasteiger partial charge is 0.465 e. The van der Waals surface area contributed by atoms with Crippen molar-refractivity contribution in [2.45, 2.75) is 31.2 Å². The molecule has 0 saturated carbocycles. The second-order valence-corrected chi connectivity index (χ2v) is 5.15. The van der Waals surface area contributed by atoms with Crippen LogP contribution in [0.3, 0.4) is 0 Å². The van der Waals surface area contributed by atoms with E-state index in [-0.39, 0.29) is 0 Å². The van der Waals surface area contributed by atoms with Crippen molar-refractivity contribution in [2.24, 2.45) is 0 Å². The Morgan fingerprint density at radius 1 is 1.65 bits per heavy atom. The van der Waals surface area contributed by atoms with Gasteiger partial charge in [0.25, 0.3) is 0 Å². The lowest BCUT2D eigenvalue weighted by Gasteiger charge is -1.98. The molecule has 1 aromatic rings. The van der Waals surface area contributed by atoms with Crippen molar-refractivity contribution in [3.63, 3.8) is 0 Å². The molecule has 0 aromatic carbocycles. The third kappa shape index (κ3) is 4.24. The van der Waals surface area contributed by atoms with Gasteiger partial charge in [-0.1, -0.05) is 19.8 Å². The van der Waals surface area contributed by atoms with Crippen LogP contribution in [0.5, 0.6) is 0 Å². The zero-order valence-corrected chi connectivity index (χ0v) is 11.0. The molecule has 0 atom stereocenters. The molecule has 5 nitrogen and oxygen atoms in total. The van der Waals surface area contributed by atoms with Crippen molar-refractivity contribution in [1.82, 2.24) is 4.37 Å². The minimum Gasteiger partial charge on any atom is -0.465 e. The molecule has 0 bridgehead atoms. The summed E-state index contributed by atoms with van der Waals surface area (Å²) in [6.07, 6.45) is 2.20. The normalized spacial score (nSPS) is 9.88. The van der Waals surface area contributed by atoms with Gasteiger partial charge < -0.3 is 5.11 Å². The molecule has 17 heavy (non-hydrogen) atoms. The Labute approximate surface area is 108 Å². The van der Waals surface area contributed by atoms with E-state index >= 15 is 0 Å². The first-order chi connectivity index (χ1) is 8.19. The predicted molar refractivity (Wildman–Crippen MR) is 68.7 cm³/mol. The standard InChI is InChI=1S/C10H13N3O2S2/c1-2-3-4-5-16-9-7(6-11)8(17-13-9)12-10(14)15/h12H,2-5H2,1H3,(H,14,15). The van der Waals surface area contributed by atoms with Gasteiger partial charge in [0.2, 0.25) is 0 Å². The quantitative estimate of drug-likeness (QED) is 0.612. The van der Waals surface area contributed by atoms with Crippen LogP contribution >= 0.6 is 23.3 Å². The van der Waals surface area contributed by atoms with Crippen LogP contribution < -0.4 is 5.32 Å². The Morgan fingerprint density at radius 2 is 2.41 bits per heavy atom. The zero-order chi connectivity index (χ0) is 12.7. The van der Waals surface area contributed by atoms with Gasteiger partial charge in [0, 0.05) is 0 Å². The van der Waals surface area contributed by atoms with Crippen LogP contribution in [0.1, 0.15) is 31.7 Å². The summed E-state index contributed by atoms with van der Waals surface area (Å²) in [7, 11) is 0. The van der Waals surface area contributed by atoms with Crippen LogP contribution in [0.4, 0.5) is 9.80 Å². The first-order valence-corrected chi connectivity index (χ1v) is 6.97. The van der Waals surface area contributed by atoms with Crippen LogP contribution in [0.15, 0.2) is 5.03 Å². The van der Waals surface area contributed by atoms with Crippen LogP contribution in [-0.4, -0.2) is 21.3 Å². The second-order valence-electron chi connectivity index (χ2n) is 3.29. The van der Waals surface area contributed by atoms with Gasteiger partial charge in [0.1, 0.15) is 21.7 Å². The van der Waals surface area contributed by atoms with Crippen LogP contribution in [-0.2, 0) is 0 Å². The fourth-order valence-corrected chi connectivity index (χ4v) is 3.03. The van der Waals surface area contributed by atoms with E-state index in [1.54, 1.807) is 0 Å². The van der Waals surface area contributed by atoms with Gasteiger partial charge in [0.05, 0.1) is 0 Å². The molecule has 0 aliphatic rings. The fourth-order valence-electron chi connectivity index (χ4n) is 1.18. The minimum atomic E-state index is -1.17. The van der Waals surface area contributed by atoms with E-state index < -0.39 is 6.09 Å². The first kappa shape index (κ1) is 13.8. The van der Waals surface area contributed by atoms with E-state index in [0.717, 1.165) is 36.5 Å². The number of nitriles is 1. The number of hydrogen-bond donors (Lipinski definition) is 2. The van der Waals surface area contributed by atoms with E-state index in [9.17, 15) is 4.79 Å². The Kier molecular flexibility index (Phi) is 5.80. The number of amides is 1. The third-order valence-electron chi connectivity index (χ3n) is 1.98. The average Bonchev–Trinajstić information content (AvgIpc) is 2.66. The maximum Gasteiger partial charge on any atom is 0.409 e. The number of unbranched alkanes of at least 4 members (excludes halogenated alkanes) is 2. The summed E-state index contributed by atoms with van der Waals surface area (Å²) in [5, 5.41) is 20.7. The zero-order valence-electron chi connectivity index (χ0n) is 9.39. The van der Waals surface area contributed by atoms with Crippen LogP contribution in [0, 0.1) is 11.3 Å². The summed E-state index contributed by atoms with van der Waals surface area (Å²) < 4.78 is 4.09. The molecule has 92 valence electrons. The lowest BCUT2D eigenvalue weighted by Crippen LogP contribution is -2.06. The molecular weight excluding hydrogens is 258 g/mol. The van der Waals surface area contributed by atoms with Gasteiger partial charge >= 0.3 is 6.09 Å². The van der Waals surface area contributed by atoms with Crippen LogP contribution in [0.2, 0.25) is 0 Å². The van der Waals surface area contributed by atoms with E-state index in [4.69, 9.17) is 10.4 Å². The summed E-state index contributed by atoms with van der Waals surface area (Å²) in [5.41, 5.74) is 0.332. The lowest BCUT2D eigenvalue weighted by atomic mass is 10.3. The van der Waals surface area contributed by atoms with Gasteiger partial charge in [-0.3, -0.25) is 5.32 Å². The van der Waals surface area contributed by atoms with Gasteiger partial charge in [-0.15, -0.1) is 11.8 Å². The first-order valence-electron chi connectivity index (χ1n) is 5.21. The Hall–Kier alpha value is -1.26. The molecule has 1 heterocycles. The maximum absolute atomic E-state index is 10.5. The van der Waals surface area contributed by atoms with Gasteiger partial charge in [0.15, 0.2) is 0 Å². The monoisotopic (exact) mass is 271 g/mol. The summed E-state index contributed by atoms with van der Waals surface area (Å²) in [6, 6.07) is 1.99. The van der Waals surface area contributed by atoms with Crippen molar-refractivity contribution in [2.75, 3.05) is 11.1 Å². The molecule has 0 aliphatic heterocycles. The van der Waals surface area contributed by atoms with Gasteiger partial charge in [-0.05, 0) is 23.7 Å². The van der Waals surface area contributed by atoms with Crippen molar-refractivity contribution in [1.29, 1.82) is 5.26 Å².